The smallest absolute Gasteiger partial charge is 0.184 e. The van der Waals surface area contributed by atoms with Gasteiger partial charge in [0, 0.05) is 22.0 Å². The number of hydrazone groups is 1. The Morgan fingerprint density at radius 3 is 2.77 bits per heavy atom. The Morgan fingerprint density at radius 2 is 2.14 bits per heavy atom. The molecule has 0 atom stereocenters. The fourth-order valence-corrected chi connectivity index (χ4v) is 2.51. The SMILES string of the molecule is COc1ccc(Cl)cc1-n1c(C)cc(C=NNC(N)=S)c1C. The van der Waals surface area contributed by atoms with Crippen LogP contribution in [0.4, 0.5) is 0 Å². The molecule has 0 fully saturated rings. The highest BCUT2D eigenvalue weighted by Gasteiger charge is 2.13. The number of hydrogen-bond donors (Lipinski definition) is 2. The van der Waals surface area contributed by atoms with E-state index < -0.39 is 0 Å². The van der Waals surface area contributed by atoms with Crippen LogP contribution in [-0.4, -0.2) is 23.0 Å². The quantitative estimate of drug-likeness (QED) is 0.512. The van der Waals surface area contributed by atoms with Gasteiger partial charge in [0.05, 0.1) is 19.0 Å². The Bertz CT molecular complexity index is 739. The summed E-state index contributed by atoms with van der Waals surface area (Å²) in [5.74, 6) is 0.746. The number of aryl methyl sites for hydroxylation is 1. The molecule has 0 unspecified atom stereocenters. The van der Waals surface area contributed by atoms with Crippen molar-refractivity contribution in [3.63, 3.8) is 0 Å². The van der Waals surface area contributed by atoms with E-state index in [-0.39, 0.29) is 5.11 Å². The predicted octanol–water partition coefficient (Wildman–Crippen LogP) is 2.92. The average molecular weight is 337 g/mol. The van der Waals surface area contributed by atoms with E-state index in [2.05, 4.69) is 15.1 Å². The molecule has 1 aromatic carbocycles. The van der Waals surface area contributed by atoms with Gasteiger partial charge >= 0.3 is 0 Å². The van der Waals surface area contributed by atoms with Crippen LogP contribution in [0.3, 0.4) is 0 Å². The topological polar surface area (TPSA) is 64.6 Å². The molecule has 5 nitrogen and oxygen atoms in total. The second-order valence-corrected chi connectivity index (χ2v) is 5.59. The van der Waals surface area contributed by atoms with E-state index in [1.165, 1.54) is 0 Å². The first-order valence-corrected chi connectivity index (χ1v) is 7.34. The maximum Gasteiger partial charge on any atom is 0.184 e. The summed E-state index contributed by atoms with van der Waals surface area (Å²) in [5.41, 5.74) is 11.8. The molecule has 0 radical (unpaired) electrons. The van der Waals surface area contributed by atoms with E-state index in [4.69, 9.17) is 34.3 Å². The van der Waals surface area contributed by atoms with Gasteiger partial charge in [-0.1, -0.05) is 11.6 Å². The molecule has 22 heavy (non-hydrogen) atoms. The summed E-state index contributed by atoms with van der Waals surface area (Å²) in [7, 11) is 1.63. The zero-order valence-corrected chi connectivity index (χ0v) is 14.1. The van der Waals surface area contributed by atoms with Gasteiger partial charge in [-0.3, -0.25) is 5.43 Å². The molecule has 0 saturated carbocycles. The van der Waals surface area contributed by atoms with E-state index >= 15 is 0 Å². The number of methoxy groups -OCH3 is 1. The Hall–Kier alpha value is -2.05. The highest BCUT2D eigenvalue weighted by Crippen LogP contribution is 2.30. The summed E-state index contributed by atoms with van der Waals surface area (Å²) < 4.78 is 7.49. The van der Waals surface area contributed by atoms with E-state index in [0.29, 0.717) is 5.02 Å². The second-order valence-electron chi connectivity index (χ2n) is 4.71. The highest BCUT2D eigenvalue weighted by molar-refractivity contribution is 7.80. The van der Waals surface area contributed by atoms with Gasteiger partial charge in [-0.25, -0.2) is 0 Å². The van der Waals surface area contributed by atoms with Gasteiger partial charge in [-0.05, 0) is 50.3 Å². The monoisotopic (exact) mass is 336 g/mol. The molecular weight excluding hydrogens is 320 g/mol. The number of aromatic nitrogens is 1. The predicted molar refractivity (Wildman–Crippen MR) is 94.3 cm³/mol. The van der Waals surface area contributed by atoms with Gasteiger partial charge in [-0.15, -0.1) is 0 Å². The van der Waals surface area contributed by atoms with Gasteiger partial charge in [0.1, 0.15) is 5.75 Å². The summed E-state index contributed by atoms with van der Waals surface area (Å²) in [6, 6.07) is 7.53. The maximum absolute atomic E-state index is 6.12. The zero-order valence-electron chi connectivity index (χ0n) is 12.6. The third-order valence-electron chi connectivity index (χ3n) is 3.23. The molecule has 0 amide bonds. The summed E-state index contributed by atoms with van der Waals surface area (Å²) in [5, 5.41) is 4.77. The number of halogens is 1. The molecule has 1 heterocycles. The maximum atomic E-state index is 6.12. The molecule has 3 N–H and O–H groups in total. The van der Waals surface area contributed by atoms with Crippen molar-refractivity contribution < 1.29 is 4.74 Å². The third kappa shape index (κ3) is 3.40. The van der Waals surface area contributed by atoms with Crippen LogP contribution in [0.15, 0.2) is 29.4 Å². The lowest BCUT2D eigenvalue weighted by Crippen LogP contribution is -2.24. The van der Waals surface area contributed by atoms with Crippen LogP contribution in [0.2, 0.25) is 5.02 Å². The zero-order chi connectivity index (χ0) is 16.3. The number of ether oxygens (including phenoxy) is 1. The first-order valence-electron chi connectivity index (χ1n) is 6.55. The standard InChI is InChI=1S/C15H17ClN4OS/c1-9-6-11(8-18-19-15(17)22)10(2)20(9)13-7-12(16)4-5-14(13)21-3/h4-8H,1-3H3,(H3,17,19,22). The van der Waals surface area contributed by atoms with Crippen LogP contribution in [0.5, 0.6) is 5.75 Å². The minimum Gasteiger partial charge on any atom is -0.495 e. The minimum absolute atomic E-state index is 0.126. The largest absolute Gasteiger partial charge is 0.495 e. The van der Waals surface area contributed by atoms with Crippen molar-refractivity contribution in [2.75, 3.05) is 7.11 Å². The lowest BCUT2D eigenvalue weighted by molar-refractivity contribution is 0.412. The summed E-state index contributed by atoms with van der Waals surface area (Å²) in [6.07, 6.45) is 1.68. The van der Waals surface area contributed by atoms with Crippen molar-refractivity contribution >= 4 is 35.1 Å². The molecule has 0 aliphatic carbocycles. The second kappa shape index (κ2) is 6.81. The fourth-order valence-electron chi connectivity index (χ4n) is 2.29. The van der Waals surface area contributed by atoms with Gasteiger partial charge in [-0.2, -0.15) is 5.10 Å². The summed E-state index contributed by atoms with van der Waals surface area (Å²) in [4.78, 5) is 0. The molecular formula is C15H17ClN4OS. The van der Waals surface area contributed by atoms with E-state index in [1.54, 1.807) is 19.4 Å². The molecule has 2 rings (SSSR count). The Balaban J connectivity index is 2.49. The highest BCUT2D eigenvalue weighted by atomic mass is 35.5. The van der Waals surface area contributed by atoms with Gasteiger partial charge < -0.3 is 15.0 Å². The summed E-state index contributed by atoms with van der Waals surface area (Å²) >= 11 is 10.8. The number of nitrogens with two attached hydrogens (primary N) is 1. The van der Waals surface area contributed by atoms with Crippen LogP contribution in [0.25, 0.3) is 5.69 Å². The molecule has 0 aliphatic rings. The van der Waals surface area contributed by atoms with E-state index in [1.807, 2.05) is 32.0 Å². The molecule has 1 aromatic heterocycles. The molecule has 7 heteroatoms. The van der Waals surface area contributed by atoms with Gasteiger partial charge in [0.25, 0.3) is 0 Å². The average Bonchev–Trinajstić information content (AvgIpc) is 2.73. The van der Waals surface area contributed by atoms with E-state index in [0.717, 1.165) is 28.4 Å². The lowest BCUT2D eigenvalue weighted by Gasteiger charge is -2.14. The third-order valence-corrected chi connectivity index (χ3v) is 3.56. The number of nitrogens with one attached hydrogen (secondary N) is 1. The molecule has 0 aliphatic heterocycles. The molecule has 0 saturated heterocycles. The van der Waals surface area contributed by atoms with Crippen LogP contribution >= 0.6 is 23.8 Å². The van der Waals surface area contributed by atoms with Gasteiger partial charge in [0.15, 0.2) is 5.11 Å². The number of rotatable bonds is 4. The Kier molecular flexibility index (Phi) is 5.05. The van der Waals surface area contributed by atoms with Crippen molar-refractivity contribution in [1.29, 1.82) is 0 Å². The lowest BCUT2D eigenvalue weighted by atomic mass is 10.2. The molecule has 0 spiro atoms. The minimum atomic E-state index is 0.126. The van der Waals surface area contributed by atoms with Crippen molar-refractivity contribution in [1.82, 2.24) is 9.99 Å². The first kappa shape index (κ1) is 16.3. The van der Waals surface area contributed by atoms with Crippen LogP contribution in [0.1, 0.15) is 17.0 Å². The number of nitrogens with zero attached hydrogens (tertiary/aromatic N) is 2. The Labute approximate surface area is 139 Å². The van der Waals surface area contributed by atoms with Crippen molar-refractivity contribution in [3.05, 3.63) is 46.2 Å². The van der Waals surface area contributed by atoms with Crippen molar-refractivity contribution in [2.24, 2.45) is 10.8 Å². The van der Waals surface area contributed by atoms with Crippen LogP contribution < -0.4 is 15.9 Å². The fraction of sp³-hybridized carbons (Fsp3) is 0.200. The Morgan fingerprint density at radius 1 is 1.41 bits per heavy atom. The van der Waals surface area contributed by atoms with Crippen LogP contribution in [0, 0.1) is 13.8 Å². The van der Waals surface area contributed by atoms with Crippen molar-refractivity contribution in [2.45, 2.75) is 13.8 Å². The van der Waals surface area contributed by atoms with E-state index in [9.17, 15) is 0 Å². The normalized spacial score (nSPS) is 10.9. The molecule has 2 aromatic rings. The number of benzene rings is 1. The molecule has 116 valence electrons. The first-order chi connectivity index (χ1) is 10.4. The number of hydrogen-bond acceptors (Lipinski definition) is 3. The van der Waals surface area contributed by atoms with Gasteiger partial charge in [0.2, 0.25) is 0 Å². The van der Waals surface area contributed by atoms with Crippen molar-refractivity contribution in [3.8, 4) is 11.4 Å². The van der Waals surface area contributed by atoms with Crippen LogP contribution in [-0.2, 0) is 0 Å². The number of thiocarbonyl (C=S) groups is 1. The molecule has 0 bridgehead atoms. The summed E-state index contributed by atoms with van der Waals surface area (Å²) in [6.45, 7) is 4.00.